The molecule has 0 bridgehead atoms. The van der Waals surface area contributed by atoms with Crippen LogP contribution in [0.5, 0.6) is 0 Å². The SMILES string of the molecule is CCCCc1cc(N2c3cc(C4CCCCC4)ccc3B3c4ccc(C5CCCCC5)cc4N(c4ccc(-c5ccccc5)c(CCCC)c4)c4cccc2c43)ccc1-c1ccccc1. The summed E-state index contributed by atoms with van der Waals surface area (Å²) in [4.78, 5) is 5.35. The van der Waals surface area contributed by atoms with Crippen LogP contribution in [0.15, 0.2) is 152 Å². The Morgan fingerprint density at radius 2 is 0.877 bits per heavy atom. The van der Waals surface area contributed by atoms with E-state index in [2.05, 4.69) is 175 Å². The molecule has 4 aliphatic rings. The van der Waals surface area contributed by atoms with Crippen molar-refractivity contribution in [1.29, 1.82) is 0 Å². The van der Waals surface area contributed by atoms with Gasteiger partial charge in [-0.15, -0.1) is 0 Å². The van der Waals surface area contributed by atoms with Gasteiger partial charge in [0, 0.05) is 34.1 Å². The largest absolute Gasteiger partial charge is 0.311 e. The molecule has 0 atom stereocenters. The van der Waals surface area contributed by atoms with Crippen LogP contribution in [0.25, 0.3) is 22.3 Å². The van der Waals surface area contributed by atoms with Crippen molar-refractivity contribution in [1.82, 2.24) is 0 Å². The molecule has 2 nitrogen and oxygen atoms in total. The third-order valence-electron chi connectivity index (χ3n) is 15.7. The molecule has 0 spiro atoms. The second kappa shape index (κ2) is 18.6. The molecular formula is C62H65BN2. The highest BCUT2D eigenvalue weighted by Crippen LogP contribution is 2.47. The highest BCUT2D eigenvalue weighted by atomic mass is 15.2. The Labute approximate surface area is 389 Å². The maximum Gasteiger partial charge on any atom is 0.252 e. The van der Waals surface area contributed by atoms with E-state index in [0.29, 0.717) is 11.8 Å². The Hall–Kier alpha value is -5.80. The monoisotopic (exact) mass is 849 g/mol. The van der Waals surface area contributed by atoms with Crippen molar-refractivity contribution in [2.24, 2.45) is 0 Å². The average Bonchev–Trinajstić information content (AvgIpc) is 3.38. The molecule has 2 aliphatic heterocycles. The van der Waals surface area contributed by atoms with Gasteiger partial charge in [0.1, 0.15) is 0 Å². The van der Waals surface area contributed by atoms with Gasteiger partial charge in [-0.25, -0.2) is 0 Å². The fourth-order valence-corrected chi connectivity index (χ4v) is 12.3. The van der Waals surface area contributed by atoms with Crippen LogP contribution in [0, 0.1) is 0 Å². The quantitative estimate of drug-likeness (QED) is 0.113. The molecular weight excluding hydrogens is 784 g/mol. The lowest BCUT2D eigenvalue weighted by Gasteiger charge is -2.45. The van der Waals surface area contributed by atoms with Crippen LogP contribution in [0.3, 0.4) is 0 Å². The van der Waals surface area contributed by atoms with Gasteiger partial charge < -0.3 is 9.80 Å². The number of nitrogens with zero attached hydrogens (tertiary/aromatic N) is 2. The summed E-state index contributed by atoms with van der Waals surface area (Å²) in [6, 6.07) is 59.5. The van der Waals surface area contributed by atoms with Gasteiger partial charge in [-0.05, 0) is 173 Å². The second-order valence-corrected chi connectivity index (χ2v) is 19.7. The standard InChI is InChI=1S/C62H65BN2/c1-3-5-20-50-40-52(34-36-54(50)46-26-15-9-16-27-46)64-58-30-19-31-59-62(58)63(56-38-32-48(42-60(56)64)44-22-11-7-12-23-44)57-39-33-49(45-24-13-8-14-25-45)43-61(57)65(59)53-35-37-55(47-28-17-10-18-29-47)51(41-53)21-6-4-2/h9-10,15-19,26-45H,3-8,11-14,20-25H2,1-2H3. The summed E-state index contributed by atoms with van der Waals surface area (Å²) in [7, 11) is 0. The predicted octanol–water partition coefficient (Wildman–Crippen LogP) is 15.9. The van der Waals surface area contributed by atoms with Crippen molar-refractivity contribution in [3.8, 4) is 22.3 Å². The lowest BCUT2D eigenvalue weighted by molar-refractivity contribution is 0.444. The topological polar surface area (TPSA) is 6.48 Å². The van der Waals surface area contributed by atoms with Gasteiger partial charge in [0.05, 0.1) is 0 Å². The summed E-state index contributed by atoms with van der Waals surface area (Å²) in [5.41, 5.74) is 23.4. The van der Waals surface area contributed by atoms with Gasteiger partial charge in [0.15, 0.2) is 0 Å². The first-order valence-electron chi connectivity index (χ1n) is 25.6. The summed E-state index contributed by atoms with van der Waals surface area (Å²) in [5, 5.41) is 0. The Morgan fingerprint density at radius 1 is 0.431 bits per heavy atom. The van der Waals surface area contributed by atoms with Gasteiger partial charge >= 0.3 is 0 Å². The molecule has 0 unspecified atom stereocenters. The summed E-state index contributed by atoms with van der Waals surface area (Å²) in [6.07, 6.45) is 20.1. The van der Waals surface area contributed by atoms with E-state index in [4.69, 9.17) is 0 Å². The molecule has 0 aromatic heterocycles. The third kappa shape index (κ3) is 7.94. The highest BCUT2D eigenvalue weighted by molar-refractivity contribution is 7.00. The number of benzene rings is 7. The zero-order valence-electron chi connectivity index (χ0n) is 38.9. The Morgan fingerprint density at radius 3 is 1.31 bits per heavy atom. The van der Waals surface area contributed by atoms with E-state index in [1.807, 2.05) is 0 Å². The minimum atomic E-state index is 0.130. The normalized spacial score (nSPS) is 16.0. The van der Waals surface area contributed by atoms with Gasteiger partial charge in [0.25, 0.3) is 6.71 Å². The minimum Gasteiger partial charge on any atom is -0.311 e. The molecule has 326 valence electrons. The molecule has 7 aromatic carbocycles. The number of aryl methyl sites for hydroxylation is 2. The number of unbranched alkanes of at least 4 members (excludes halogenated alkanes) is 2. The first kappa shape index (κ1) is 41.9. The van der Waals surface area contributed by atoms with Gasteiger partial charge in [0.2, 0.25) is 0 Å². The molecule has 2 aliphatic carbocycles. The van der Waals surface area contributed by atoms with Crippen LogP contribution in [-0.2, 0) is 12.8 Å². The lowest BCUT2D eigenvalue weighted by atomic mass is 9.33. The maximum absolute atomic E-state index is 2.67. The fraction of sp³-hybridized carbons (Fsp3) is 0.323. The summed E-state index contributed by atoms with van der Waals surface area (Å²) >= 11 is 0. The van der Waals surface area contributed by atoms with Crippen LogP contribution in [0.1, 0.15) is 138 Å². The summed E-state index contributed by atoms with van der Waals surface area (Å²) < 4.78 is 0. The molecule has 0 saturated heterocycles. The van der Waals surface area contributed by atoms with Crippen molar-refractivity contribution in [3.63, 3.8) is 0 Å². The minimum absolute atomic E-state index is 0.130. The fourth-order valence-electron chi connectivity index (χ4n) is 12.3. The molecule has 2 saturated carbocycles. The van der Waals surface area contributed by atoms with Crippen LogP contribution < -0.4 is 26.2 Å². The second-order valence-electron chi connectivity index (χ2n) is 19.7. The van der Waals surface area contributed by atoms with E-state index in [1.165, 1.54) is 185 Å². The maximum atomic E-state index is 2.67. The number of hydrogen-bond acceptors (Lipinski definition) is 2. The summed E-state index contributed by atoms with van der Waals surface area (Å²) in [5.74, 6) is 1.24. The van der Waals surface area contributed by atoms with Crippen LogP contribution >= 0.6 is 0 Å². The van der Waals surface area contributed by atoms with Crippen LogP contribution in [0.4, 0.5) is 34.1 Å². The molecule has 65 heavy (non-hydrogen) atoms. The van der Waals surface area contributed by atoms with Gasteiger partial charge in [-0.2, -0.15) is 0 Å². The molecule has 2 heterocycles. The zero-order valence-corrected chi connectivity index (χ0v) is 38.9. The van der Waals surface area contributed by atoms with E-state index in [1.54, 1.807) is 0 Å². The average molecular weight is 849 g/mol. The van der Waals surface area contributed by atoms with Crippen molar-refractivity contribution >= 4 is 57.2 Å². The number of anilines is 6. The molecule has 3 heteroatoms. The molecule has 0 N–H and O–H groups in total. The Bertz CT molecular complexity index is 2590. The number of hydrogen-bond donors (Lipinski definition) is 0. The molecule has 11 rings (SSSR count). The van der Waals surface area contributed by atoms with Crippen molar-refractivity contribution in [2.45, 2.75) is 128 Å². The highest BCUT2D eigenvalue weighted by Gasteiger charge is 2.44. The van der Waals surface area contributed by atoms with Crippen LogP contribution in [-0.4, -0.2) is 6.71 Å². The lowest BCUT2D eigenvalue weighted by Crippen LogP contribution is -2.61. The van der Waals surface area contributed by atoms with E-state index in [9.17, 15) is 0 Å². The van der Waals surface area contributed by atoms with Crippen molar-refractivity contribution < 1.29 is 0 Å². The van der Waals surface area contributed by atoms with Crippen molar-refractivity contribution in [2.75, 3.05) is 9.80 Å². The predicted molar refractivity (Wildman–Crippen MR) is 280 cm³/mol. The van der Waals surface area contributed by atoms with Crippen LogP contribution in [0.2, 0.25) is 0 Å². The zero-order chi connectivity index (χ0) is 43.7. The number of fused-ring (bicyclic) bond motifs is 4. The molecule has 2 fully saturated rings. The number of rotatable bonds is 12. The molecule has 0 amide bonds. The van der Waals surface area contributed by atoms with Gasteiger partial charge in [-0.3, -0.25) is 0 Å². The smallest absolute Gasteiger partial charge is 0.252 e. The first-order valence-corrected chi connectivity index (χ1v) is 25.6. The Kier molecular flexibility index (Phi) is 12.0. The molecule has 0 radical (unpaired) electrons. The van der Waals surface area contributed by atoms with E-state index >= 15 is 0 Å². The van der Waals surface area contributed by atoms with E-state index < -0.39 is 0 Å². The summed E-state index contributed by atoms with van der Waals surface area (Å²) in [6.45, 7) is 4.77. The van der Waals surface area contributed by atoms with Crippen molar-refractivity contribution in [3.05, 3.63) is 174 Å². The Balaban J connectivity index is 1.14. The van der Waals surface area contributed by atoms with Gasteiger partial charge in [-0.1, -0.05) is 168 Å². The van der Waals surface area contributed by atoms with E-state index in [-0.39, 0.29) is 6.71 Å². The van der Waals surface area contributed by atoms with E-state index in [0.717, 1.165) is 12.8 Å². The molecule has 7 aromatic rings. The first-order chi connectivity index (χ1) is 32.2. The third-order valence-corrected chi connectivity index (χ3v) is 15.7.